The molecule has 1 aromatic rings. The van der Waals surface area contributed by atoms with Crippen molar-refractivity contribution in [2.24, 2.45) is 5.92 Å². The molecule has 6 nitrogen and oxygen atoms in total. The standard InChI is InChI=1S/C22H35N3O3/c1-22(2,3)28-21(27)24-16-19-12-15-25(17-19)14-7-13-23-20(26)11-10-18-8-5-4-6-9-18/h4-6,8-9,19H,7,10-17H2,1-3H3,(H,23,26)(H,24,27)/t19-/m1/s1. The molecule has 2 rings (SSSR count). The molecule has 0 aromatic heterocycles. The fourth-order valence-corrected chi connectivity index (χ4v) is 3.35. The number of hydrogen-bond donors (Lipinski definition) is 2. The lowest BCUT2D eigenvalue weighted by Crippen LogP contribution is -2.36. The van der Waals surface area contributed by atoms with Crippen LogP contribution >= 0.6 is 0 Å². The molecule has 1 aliphatic rings. The average molecular weight is 390 g/mol. The normalized spacial score (nSPS) is 17.3. The van der Waals surface area contributed by atoms with Gasteiger partial charge in [-0.2, -0.15) is 0 Å². The fourth-order valence-electron chi connectivity index (χ4n) is 3.35. The lowest BCUT2D eigenvalue weighted by molar-refractivity contribution is -0.121. The molecule has 1 aromatic carbocycles. The Morgan fingerprint density at radius 2 is 1.93 bits per heavy atom. The van der Waals surface area contributed by atoms with E-state index in [4.69, 9.17) is 4.74 Å². The molecule has 1 aliphatic heterocycles. The molecule has 2 amide bonds. The molecule has 28 heavy (non-hydrogen) atoms. The van der Waals surface area contributed by atoms with Gasteiger partial charge in [-0.15, -0.1) is 0 Å². The maximum atomic E-state index is 11.9. The SMILES string of the molecule is CC(C)(C)OC(=O)NC[C@H]1CCN(CCCNC(=O)CCc2ccccc2)C1. The van der Waals surface area contributed by atoms with Crippen LogP contribution in [0.1, 0.15) is 45.6 Å². The number of alkyl carbamates (subject to hydrolysis) is 1. The van der Waals surface area contributed by atoms with E-state index in [9.17, 15) is 9.59 Å². The van der Waals surface area contributed by atoms with Crippen LogP contribution in [0.15, 0.2) is 30.3 Å². The van der Waals surface area contributed by atoms with Gasteiger partial charge in [-0.05, 0) is 64.6 Å². The zero-order valence-electron chi connectivity index (χ0n) is 17.5. The summed E-state index contributed by atoms with van der Waals surface area (Å²) >= 11 is 0. The van der Waals surface area contributed by atoms with Gasteiger partial charge >= 0.3 is 6.09 Å². The molecule has 0 spiro atoms. The van der Waals surface area contributed by atoms with E-state index >= 15 is 0 Å². The van der Waals surface area contributed by atoms with Gasteiger partial charge in [0, 0.05) is 26.1 Å². The van der Waals surface area contributed by atoms with Gasteiger partial charge in [0.1, 0.15) is 5.60 Å². The van der Waals surface area contributed by atoms with Gasteiger partial charge in [0.05, 0.1) is 0 Å². The van der Waals surface area contributed by atoms with Crippen molar-refractivity contribution in [3.8, 4) is 0 Å². The van der Waals surface area contributed by atoms with Gasteiger partial charge in [-0.3, -0.25) is 4.79 Å². The number of ether oxygens (including phenoxy) is 1. The molecule has 1 atom stereocenters. The molecule has 0 aliphatic carbocycles. The Bertz CT molecular complexity index is 613. The molecule has 1 fully saturated rings. The Hall–Kier alpha value is -2.08. The number of likely N-dealkylation sites (tertiary alicyclic amines) is 1. The zero-order valence-corrected chi connectivity index (χ0v) is 17.5. The summed E-state index contributed by atoms with van der Waals surface area (Å²) in [7, 11) is 0. The molecule has 1 heterocycles. The predicted molar refractivity (Wildman–Crippen MR) is 111 cm³/mol. The summed E-state index contributed by atoms with van der Waals surface area (Å²) in [6.45, 7) is 9.97. The molecule has 6 heteroatoms. The minimum absolute atomic E-state index is 0.115. The van der Waals surface area contributed by atoms with Gasteiger partial charge in [-0.1, -0.05) is 30.3 Å². The van der Waals surface area contributed by atoms with Crippen LogP contribution in [0, 0.1) is 5.92 Å². The maximum Gasteiger partial charge on any atom is 0.407 e. The number of nitrogens with zero attached hydrogens (tertiary/aromatic N) is 1. The molecule has 1 saturated heterocycles. The number of carbonyl (C=O) groups is 2. The third kappa shape index (κ3) is 9.22. The molecule has 0 unspecified atom stereocenters. The molecular weight excluding hydrogens is 354 g/mol. The Kier molecular flexibility index (Phi) is 8.77. The smallest absolute Gasteiger partial charge is 0.407 e. The average Bonchev–Trinajstić information content (AvgIpc) is 3.09. The minimum atomic E-state index is -0.461. The third-order valence-electron chi connectivity index (χ3n) is 4.76. The Morgan fingerprint density at radius 1 is 1.18 bits per heavy atom. The predicted octanol–water partition coefficient (Wildman–Crippen LogP) is 2.97. The van der Waals surface area contributed by atoms with Crippen molar-refractivity contribution in [3.05, 3.63) is 35.9 Å². The number of hydrogen-bond acceptors (Lipinski definition) is 4. The first-order valence-corrected chi connectivity index (χ1v) is 10.3. The Labute approximate surface area is 169 Å². The van der Waals surface area contributed by atoms with Crippen molar-refractivity contribution in [2.75, 3.05) is 32.7 Å². The van der Waals surface area contributed by atoms with Gasteiger partial charge in [0.2, 0.25) is 5.91 Å². The summed E-state index contributed by atoms with van der Waals surface area (Å²) in [6, 6.07) is 10.1. The fraction of sp³-hybridized carbons (Fsp3) is 0.636. The maximum absolute atomic E-state index is 11.9. The Morgan fingerprint density at radius 3 is 2.64 bits per heavy atom. The zero-order chi connectivity index (χ0) is 20.4. The largest absolute Gasteiger partial charge is 0.444 e. The van der Waals surface area contributed by atoms with E-state index in [1.807, 2.05) is 39.0 Å². The van der Waals surface area contributed by atoms with Crippen LogP contribution in [-0.4, -0.2) is 55.2 Å². The highest BCUT2D eigenvalue weighted by Gasteiger charge is 2.23. The van der Waals surface area contributed by atoms with Crippen LogP contribution in [0.5, 0.6) is 0 Å². The highest BCUT2D eigenvalue weighted by molar-refractivity contribution is 5.76. The van der Waals surface area contributed by atoms with Gasteiger partial charge in [0.15, 0.2) is 0 Å². The molecule has 0 bridgehead atoms. The van der Waals surface area contributed by atoms with E-state index in [1.165, 1.54) is 5.56 Å². The van der Waals surface area contributed by atoms with Crippen LogP contribution in [0.3, 0.4) is 0 Å². The summed E-state index contributed by atoms with van der Waals surface area (Å²) < 4.78 is 5.27. The van der Waals surface area contributed by atoms with Crippen LogP contribution < -0.4 is 10.6 Å². The van der Waals surface area contributed by atoms with Crippen molar-refractivity contribution < 1.29 is 14.3 Å². The lowest BCUT2D eigenvalue weighted by atomic mass is 10.1. The molecule has 0 saturated carbocycles. The summed E-state index contributed by atoms with van der Waals surface area (Å²) in [5.74, 6) is 0.581. The van der Waals surface area contributed by atoms with Crippen LogP contribution in [0.4, 0.5) is 4.79 Å². The number of benzene rings is 1. The van der Waals surface area contributed by atoms with E-state index in [2.05, 4.69) is 27.7 Å². The summed E-state index contributed by atoms with van der Waals surface area (Å²) in [4.78, 5) is 26.1. The van der Waals surface area contributed by atoms with Gasteiger partial charge in [-0.25, -0.2) is 4.79 Å². The highest BCUT2D eigenvalue weighted by Crippen LogP contribution is 2.15. The highest BCUT2D eigenvalue weighted by atomic mass is 16.6. The number of carbonyl (C=O) groups excluding carboxylic acids is 2. The summed E-state index contributed by atoms with van der Waals surface area (Å²) in [6.07, 6.45) is 3.00. The van der Waals surface area contributed by atoms with Crippen LogP contribution in [0.2, 0.25) is 0 Å². The van der Waals surface area contributed by atoms with Gasteiger partial charge < -0.3 is 20.3 Å². The second-order valence-corrected chi connectivity index (χ2v) is 8.53. The first kappa shape index (κ1) is 22.2. The van der Waals surface area contributed by atoms with E-state index in [0.29, 0.717) is 25.4 Å². The van der Waals surface area contributed by atoms with Crippen molar-refractivity contribution >= 4 is 12.0 Å². The summed E-state index contributed by atoms with van der Waals surface area (Å²) in [5.41, 5.74) is 0.734. The third-order valence-corrected chi connectivity index (χ3v) is 4.76. The number of aryl methyl sites for hydroxylation is 1. The van der Waals surface area contributed by atoms with Crippen molar-refractivity contribution in [1.82, 2.24) is 15.5 Å². The van der Waals surface area contributed by atoms with Gasteiger partial charge in [0.25, 0.3) is 0 Å². The van der Waals surface area contributed by atoms with Crippen molar-refractivity contribution in [1.29, 1.82) is 0 Å². The van der Waals surface area contributed by atoms with E-state index in [0.717, 1.165) is 38.9 Å². The van der Waals surface area contributed by atoms with E-state index in [-0.39, 0.29) is 12.0 Å². The van der Waals surface area contributed by atoms with E-state index < -0.39 is 5.60 Å². The Balaban J connectivity index is 1.51. The monoisotopic (exact) mass is 389 g/mol. The van der Waals surface area contributed by atoms with E-state index in [1.54, 1.807) is 0 Å². The molecule has 0 radical (unpaired) electrons. The topological polar surface area (TPSA) is 70.7 Å². The minimum Gasteiger partial charge on any atom is -0.444 e. The first-order chi connectivity index (χ1) is 13.3. The van der Waals surface area contributed by atoms with Crippen LogP contribution in [-0.2, 0) is 16.0 Å². The quantitative estimate of drug-likeness (QED) is 0.637. The lowest BCUT2D eigenvalue weighted by Gasteiger charge is -2.21. The second-order valence-electron chi connectivity index (χ2n) is 8.53. The summed E-state index contributed by atoms with van der Waals surface area (Å²) in [5, 5.41) is 5.88. The number of rotatable bonds is 9. The number of nitrogens with one attached hydrogen (secondary N) is 2. The molecule has 2 N–H and O–H groups in total. The van der Waals surface area contributed by atoms with Crippen molar-refractivity contribution in [2.45, 2.75) is 52.1 Å². The molecular formula is C22H35N3O3. The second kappa shape index (κ2) is 11.1. The number of amides is 2. The van der Waals surface area contributed by atoms with Crippen LogP contribution in [0.25, 0.3) is 0 Å². The molecule has 156 valence electrons. The van der Waals surface area contributed by atoms with Crippen molar-refractivity contribution in [3.63, 3.8) is 0 Å². The first-order valence-electron chi connectivity index (χ1n) is 10.3.